The maximum atomic E-state index is 11.9. The monoisotopic (exact) mass is 272 g/mol. The zero-order chi connectivity index (χ0) is 12.5. The summed E-state index contributed by atoms with van der Waals surface area (Å²) in [6.45, 7) is 0.280. The smallest absolute Gasteiger partial charge is 0.275 e. The second kappa shape index (κ2) is 4.66. The lowest BCUT2D eigenvalue weighted by atomic mass is 10.2. The normalized spacial score (nSPS) is 18.9. The molecule has 0 unspecified atom stereocenters. The van der Waals surface area contributed by atoms with Crippen molar-refractivity contribution in [1.82, 2.24) is 4.31 Å². The van der Waals surface area contributed by atoms with Gasteiger partial charge in [-0.05, 0) is 12.8 Å². The number of hydrogen-bond acceptors (Lipinski definition) is 5. The maximum absolute atomic E-state index is 11.9. The van der Waals surface area contributed by atoms with Crippen molar-refractivity contribution in [2.24, 2.45) is 0 Å². The lowest BCUT2D eigenvalue weighted by Gasteiger charge is -2.36. The largest absolute Gasteiger partial charge is 0.277 e. The molecule has 0 spiro atoms. The summed E-state index contributed by atoms with van der Waals surface area (Å²) in [4.78, 5) is 12.2. The van der Waals surface area contributed by atoms with Crippen LogP contribution < -0.4 is 0 Å². The zero-order valence-corrected chi connectivity index (χ0v) is 10.6. The molecule has 0 atom stereocenters. The van der Waals surface area contributed by atoms with E-state index in [4.69, 9.17) is 5.26 Å². The van der Waals surface area contributed by atoms with E-state index < -0.39 is 10.8 Å². The van der Waals surface area contributed by atoms with Gasteiger partial charge in [0.15, 0.2) is 0 Å². The SMILES string of the molecule is N#CCCCCN1C(=O)c2cscc2S1(O)O. The van der Waals surface area contributed by atoms with Crippen LogP contribution in [0.5, 0.6) is 0 Å². The molecule has 92 valence electrons. The second-order valence-corrected chi connectivity index (χ2v) is 6.35. The molecule has 0 saturated heterocycles. The molecule has 0 aliphatic carbocycles. The molecule has 5 nitrogen and oxygen atoms in total. The third kappa shape index (κ3) is 2.05. The number of carbonyl (C=O) groups excluding carboxylic acids is 1. The van der Waals surface area contributed by atoms with Crippen LogP contribution in [0.2, 0.25) is 0 Å². The highest BCUT2D eigenvalue weighted by atomic mass is 32.3. The van der Waals surface area contributed by atoms with Gasteiger partial charge >= 0.3 is 0 Å². The Balaban J connectivity index is 2.08. The lowest BCUT2D eigenvalue weighted by Crippen LogP contribution is -2.28. The van der Waals surface area contributed by atoms with Crippen molar-refractivity contribution in [3.8, 4) is 6.07 Å². The van der Waals surface area contributed by atoms with Gasteiger partial charge in [0.05, 0.1) is 11.6 Å². The van der Waals surface area contributed by atoms with Crippen molar-refractivity contribution < 1.29 is 13.9 Å². The average molecular weight is 272 g/mol. The van der Waals surface area contributed by atoms with Crippen LogP contribution in [0.4, 0.5) is 0 Å². The Bertz CT molecular complexity index is 478. The number of nitrogens with zero attached hydrogens (tertiary/aromatic N) is 2. The number of amides is 1. The fourth-order valence-corrected chi connectivity index (χ4v) is 4.54. The van der Waals surface area contributed by atoms with Crippen molar-refractivity contribution in [3.05, 3.63) is 16.3 Å². The Hall–Kier alpha value is -1.07. The van der Waals surface area contributed by atoms with Crippen LogP contribution in [0.1, 0.15) is 29.6 Å². The van der Waals surface area contributed by atoms with E-state index in [0.29, 0.717) is 29.7 Å². The van der Waals surface area contributed by atoms with Gasteiger partial charge in [-0.2, -0.15) is 5.26 Å². The van der Waals surface area contributed by atoms with E-state index in [1.165, 1.54) is 11.3 Å². The fraction of sp³-hybridized carbons (Fsp3) is 0.400. The molecule has 0 fully saturated rings. The van der Waals surface area contributed by atoms with E-state index in [-0.39, 0.29) is 12.5 Å². The zero-order valence-electron chi connectivity index (χ0n) is 9.00. The third-order valence-electron chi connectivity index (χ3n) is 2.59. The predicted molar refractivity (Wildman–Crippen MR) is 65.9 cm³/mol. The molecule has 1 aliphatic rings. The Morgan fingerprint density at radius 2 is 2.18 bits per heavy atom. The molecule has 1 amide bonds. The Labute approximate surface area is 105 Å². The summed E-state index contributed by atoms with van der Waals surface area (Å²) in [5, 5.41) is 11.6. The first-order valence-corrected chi connectivity index (χ1v) is 7.57. The van der Waals surface area contributed by atoms with Crippen LogP contribution >= 0.6 is 22.1 Å². The minimum atomic E-state index is -3.13. The molecule has 2 heterocycles. The van der Waals surface area contributed by atoms with Crippen molar-refractivity contribution in [2.75, 3.05) is 6.54 Å². The van der Waals surface area contributed by atoms with Crippen molar-refractivity contribution in [2.45, 2.75) is 24.2 Å². The summed E-state index contributed by atoms with van der Waals surface area (Å²) in [7, 11) is -3.13. The molecule has 0 aromatic carbocycles. The molecule has 0 radical (unpaired) electrons. The van der Waals surface area contributed by atoms with Gasteiger partial charge in [0, 0.05) is 23.7 Å². The highest BCUT2D eigenvalue weighted by Crippen LogP contribution is 2.59. The topological polar surface area (TPSA) is 84.6 Å². The van der Waals surface area contributed by atoms with Gasteiger partial charge in [-0.1, -0.05) is 10.8 Å². The number of hydrogen-bond donors (Lipinski definition) is 2. The minimum Gasteiger partial charge on any atom is -0.277 e. The molecule has 0 saturated carbocycles. The van der Waals surface area contributed by atoms with Crippen molar-refractivity contribution in [3.63, 3.8) is 0 Å². The summed E-state index contributed by atoms with van der Waals surface area (Å²) < 4.78 is 21.1. The molecular formula is C10H12N2O3S2. The summed E-state index contributed by atoms with van der Waals surface area (Å²) in [5.74, 6) is -0.321. The van der Waals surface area contributed by atoms with E-state index in [1.54, 1.807) is 10.8 Å². The van der Waals surface area contributed by atoms with Gasteiger partial charge in [0.2, 0.25) is 0 Å². The van der Waals surface area contributed by atoms with Crippen molar-refractivity contribution >= 4 is 28.0 Å². The van der Waals surface area contributed by atoms with Gasteiger partial charge in [-0.25, -0.2) is 4.31 Å². The molecule has 1 aromatic rings. The van der Waals surface area contributed by atoms with Crippen LogP contribution in [-0.2, 0) is 0 Å². The van der Waals surface area contributed by atoms with Gasteiger partial charge in [0.25, 0.3) is 5.91 Å². The van der Waals surface area contributed by atoms with E-state index >= 15 is 0 Å². The lowest BCUT2D eigenvalue weighted by molar-refractivity contribution is 0.0861. The third-order valence-corrected chi connectivity index (χ3v) is 5.37. The standard InChI is InChI=1S/C10H12N2O3S2/c11-4-2-1-3-5-12-10(13)8-6-16-7-9(8)17(12,14)15/h6-7,14-15H,1-3,5H2. The highest BCUT2D eigenvalue weighted by Gasteiger charge is 2.41. The predicted octanol–water partition coefficient (Wildman–Crippen LogP) is 2.92. The molecule has 1 aliphatic heterocycles. The van der Waals surface area contributed by atoms with Crippen LogP contribution in [0.25, 0.3) is 0 Å². The molecule has 0 bridgehead atoms. The van der Waals surface area contributed by atoms with Crippen LogP contribution in [-0.4, -0.2) is 25.9 Å². The van der Waals surface area contributed by atoms with Crippen molar-refractivity contribution in [1.29, 1.82) is 5.26 Å². The summed E-state index contributed by atoms with van der Waals surface area (Å²) in [5.41, 5.74) is 0.398. The quantitative estimate of drug-likeness (QED) is 0.825. The highest BCUT2D eigenvalue weighted by molar-refractivity contribution is 8.23. The summed E-state index contributed by atoms with van der Waals surface area (Å²) in [6.07, 6.45) is 1.67. The number of thiophene rings is 1. The van der Waals surface area contributed by atoms with E-state index in [1.807, 2.05) is 6.07 Å². The summed E-state index contributed by atoms with van der Waals surface area (Å²) >= 11 is 1.29. The van der Waals surface area contributed by atoms with Gasteiger partial charge in [-0.3, -0.25) is 13.9 Å². The Kier molecular flexibility index (Phi) is 3.40. The minimum absolute atomic E-state index is 0.280. The first-order valence-electron chi connectivity index (χ1n) is 5.12. The number of carbonyl (C=O) groups is 1. The van der Waals surface area contributed by atoms with Gasteiger partial charge in [-0.15, -0.1) is 11.3 Å². The van der Waals surface area contributed by atoms with Crippen LogP contribution in [0, 0.1) is 11.3 Å². The number of rotatable bonds is 4. The fourth-order valence-electron chi connectivity index (χ4n) is 1.71. The van der Waals surface area contributed by atoms with Crippen LogP contribution in [0.3, 0.4) is 0 Å². The molecule has 2 rings (SSSR count). The maximum Gasteiger partial charge on any atom is 0.275 e. The average Bonchev–Trinajstić information content (AvgIpc) is 2.82. The number of nitriles is 1. The van der Waals surface area contributed by atoms with Crippen LogP contribution in [0.15, 0.2) is 15.7 Å². The van der Waals surface area contributed by atoms with E-state index in [2.05, 4.69) is 0 Å². The molecule has 2 N–H and O–H groups in total. The second-order valence-electron chi connectivity index (χ2n) is 3.69. The Morgan fingerprint density at radius 1 is 1.41 bits per heavy atom. The first-order chi connectivity index (χ1) is 8.09. The molecule has 17 heavy (non-hydrogen) atoms. The molecule has 7 heteroatoms. The summed E-state index contributed by atoms with van der Waals surface area (Å²) in [6, 6.07) is 2.02. The molecule has 1 aromatic heterocycles. The molecular weight excluding hydrogens is 260 g/mol. The number of unbranched alkanes of at least 4 members (excludes halogenated alkanes) is 2. The first kappa shape index (κ1) is 12.4. The Morgan fingerprint density at radius 3 is 2.82 bits per heavy atom. The van der Waals surface area contributed by atoms with E-state index in [0.717, 1.165) is 4.31 Å². The van der Waals surface area contributed by atoms with Gasteiger partial charge in [0.1, 0.15) is 4.90 Å². The van der Waals surface area contributed by atoms with E-state index in [9.17, 15) is 13.9 Å². The van der Waals surface area contributed by atoms with Gasteiger partial charge < -0.3 is 0 Å². The number of fused-ring (bicyclic) bond motifs is 1.